The van der Waals surface area contributed by atoms with E-state index < -0.39 is 29.4 Å². The Morgan fingerprint density at radius 1 is 1.15 bits per heavy atom. The van der Waals surface area contributed by atoms with Crippen LogP contribution in [0.5, 0.6) is 0 Å². The SMILES string of the molecule is CC(NC(=O)C(C)(C)NC(=O)c1ccccc1)C(=O)O. The van der Waals surface area contributed by atoms with E-state index in [9.17, 15) is 14.4 Å². The molecule has 20 heavy (non-hydrogen) atoms. The summed E-state index contributed by atoms with van der Waals surface area (Å²) in [5.41, 5.74) is -0.781. The van der Waals surface area contributed by atoms with Gasteiger partial charge in [-0.25, -0.2) is 0 Å². The summed E-state index contributed by atoms with van der Waals surface area (Å²) in [6, 6.07) is 7.45. The molecule has 2 amide bonds. The van der Waals surface area contributed by atoms with Crippen LogP contribution in [0.15, 0.2) is 30.3 Å². The molecule has 6 nitrogen and oxygen atoms in total. The molecule has 0 aliphatic heterocycles. The van der Waals surface area contributed by atoms with Gasteiger partial charge in [-0.15, -0.1) is 0 Å². The summed E-state index contributed by atoms with van der Waals surface area (Å²) in [4.78, 5) is 34.6. The average Bonchev–Trinajstić information content (AvgIpc) is 2.38. The number of rotatable bonds is 5. The molecule has 0 bridgehead atoms. The summed E-state index contributed by atoms with van der Waals surface area (Å²) in [7, 11) is 0. The standard InChI is InChI=1S/C14H18N2O4/c1-9(12(18)19)15-13(20)14(2,3)16-11(17)10-7-5-4-6-8-10/h4-9H,1-3H3,(H,15,20)(H,16,17)(H,18,19). The molecule has 6 heteroatoms. The van der Waals surface area contributed by atoms with Crippen molar-refractivity contribution in [3.63, 3.8) is 0 Å². The van der Waals surface area contributed by atoms with Crippen LogP contribution in [-0.4, -0.2) is 34.5 Å². The van der Waals surface area contributed by atoms with Crippen LogP contribution < -0.4 is 10.6 Å². The number of amides is 2. The van der Waals surface area contributed by atoms with Crippen LogP contribution in [0, 0.1) is 0 Å². The third kappa shape index (κ3) is 4.08. The topological polar surface area (TPSA) is 95.5 Å². The van der Waals surface area contributed by atoms with E-state index in [2.05, 4.69) is 10.6 Å². The highest BCUT2D eigenvalue weighted by Gasteiger charge is 2.31. The van der Waals surface area contributed by atoms with Crippen LogP contribution in [0.1, 0.15) is 31.1 Å². The largest absolute Gasteiger partial charge is 0.480 e. The molecule has 0 radical (unpaired) electrons. The van der Waals surface area contributed by atoms with E-state index in [1.54, 1.807) is 30.3 Å². The molecule has 1 rings (SSSR count). The predicted octanol–water partition coefficient (Wildman–Crippen LogP) is 0.784. The molecule has 0 heterocycles. The van der Waals surface area contributed by atoms with Gasteiger partial charge in [-0.1, -0.05) is 18.2 Å². The van der Waals surface area contributed by atoms with Crippen molar-refractivity contribution < 1.29 is 19.5 Å². The number of carboxylic acids is 1. The van der Waals surface area contributed by atoms with Gasteiger partial charge in [0.1, 0.15) is 11.6 Å². The second-order valence-corrected chi connectivity index (χ2v) is 4.98. The van der Waals surface area contributed by atoms with E-state index in [1.807, 2.05) is 0 Å². The highest BCUT2D eigenvalue weighted by atomic mass is 16.4. The molecule has 1 aromatic rings. The first-order chi connectivity index (χ1) is 9.24. The van der Waals surface area contributed by atoms with Gasteiger partial charge in [0.2, 0.25) is 5.91 Å². The molecule has 0 aliphatic rings. The van der Waals surface area contributed by atoms with Crippen molar-refractivity contribution in [2.45, 2.75) is 32.4 Å². The summed E-state index contributed by atoms with van der Waals surface area (Å²) < 4.78 is 0. The van der Waals surface area contributed by atoms with Crippen molar-refractivity contribution in [2.24, 2.45) is 0 Å². The smallest absolute Gasteiger partial charge is 0.325 e. The molecule has 3 N–H and O–H groups in total. The molecule has 0 fully saturated rings. The zero-order chi connectivity index (χ0) is 15.3. The van der Waals surface area contributed by atoms with Crippen molar-refractivity contribution >= 4 is 17.8 Å². The van der Waals surface area contributed by atoms with Crippen molar-refractivity contribution in [1.29, 1.82) is 0 Å². The molecule has 1 unspecified atom stereocenters. The summed E-state index contributed by atoms with van der Waals surface area (Å²) in [6.45, 7) is 4.38. The van der Waals surface area contributed by atoms with Crippen LogP contribution in [-0.2, 0) is 9.59 Å². The Hall–Kier alpha value is -2.37. The van der Waals surface area contributed by atoms with Crippen molar-refractivity contribution in [3.8, 4) is 0 Å². The van der Waals surface area contributed by atoms with Gasteiger partial charge in [0.15, 0.2) is 0 Å². The van der Waals surface area contributed by atoms with Crippen LogP contribution in [0.4, 0.5) is 0 Å². The summed E-state index contributed by atoms with van der Waals surface area (Å²) >= 11 is 0. The van der Waals surface area contributed by atoms with Crippen LogP contribution in [0.25, 0.3) is 0 Å². The molecule has 0 aromatic heterocycles. The van der Waals surface area contributed by atoms with E-state index >= 15 is 0 Å². The summed E-state index contributed by atoms with van der Waals surface area (Å²) in [6.07, 6.45) is 0. The van der Waals surface area contributed by atoms with Crippen LogP contribution >= 0.6 is 0 Å². The van der Waals surface area contributed by atoms with E-state index in [4.69, 9.17) is 5.11 Å². The maximum atomic E-state index is 12.0. The van der Waals surface area contributed by atoms with Crippen LogP contribution in [0.2, 0.25) is 0 Å². The zero-order valence-electron chi connectivity index (χ0n) is 11.6. The first-order valence-electron chi connectivity index (χ1n) is 6.15. The van der Waals surface area contributed by atoms with Gasteiger partial charge in [0, 0.05) is 5.56 Å². The van der Waals surface area contributed by atoms with Crippen molar-refractivity contribution in [3.05, 3.63) is 35.9 Å². The van der Waals surface area contributed by atoms with E-state index in [1.165, 1.54) is 20.8 Å². The number of carboxylic acid groups (broad SMARTS) is 1. The van der Waals surface area contributed by atoms with Gasteiger partial charge >= 0.3 is 5.97 Å². The molecule has 0 aliphatic carbocycles. The zero-order valence-corrected chi connectivity index (χ0v) is 11.6. The molecule has 1 aromatic carbocycles. The fraction of sp³-hybridized carbons (Fsp3) is 0.357. The predicted molar refractivity (Wildman–Crippen MR) is 73.2 cm³/mol. The van der Waals surface area contributed by atoms with Gasteiger partial charge in [-0.05, 0) is 32.9 Å². The number of nitrogens with one attached hydrogen (secondary N) is 2. The van der Waals surface area contributed by atoms with Crippen molar-refractivity contribution in [1.82, 2.24) is 10.6 Å². The average molecular weight is 278 g/mol. The second-order valence-electron chi connectivity index (χ2n) is 4.98. The Morgan fingerprint density at radius 2 is 1.70 bits per heavy atom. The maximum Gasteiger partial charge on any atom is 0.325 e. The Balaban J connectivity index is 2.72. The molecule has 1 atom stereocenters. The third-order valence-corrected chi connectivity index (χ3v) is 2.75. The number of aliphatic carboxylic acids is 1. The van der Waals surface area contributed by atoms with E-state index in [0.29, 0.717) is 5.56 Å². The number of hydrogen-bond donors (Lipinski definition) is 3. The normalized spacial score (nSPS) is 12.3. The maximum absolute atomic E-state index is 12.0. The first-order valence-corrected chi connectivity index (χ1v) is 6.15. The van der Waals surface area contributed by atoms with Gasteiger partial charge in [-0.3, -0.25) is 14.4 Å². The van der Waals surface area contributed by atoms with Crippen molar-refractivity contribution in [2.75, 3.05) is 0 Å². The van der Waals surface area contributed by atoms with Gasteiger partial charge in [-0.2, -0.15) is 0 Å². The Labute approximate surface area is 117 Å². The lowest BCUT2D eigenvalue weighted by molar-refractivity contribution is -0.142. The Morgan fingerprint density at radius 3 is 2.20 bits per heavy atom. The van der Waals surface area contributed by atoms with Gasteiger partial charge in [0.05, 0.1) is 0 Å². The molecule has 0 saturated heterocycles. The summed E-state index contributed by atoms with van der Waals surface area (Å²) in [5.74, 6) is -2.09. The lowest BCUT2D eigenvalue weighted by Gasteiger charge is -2.26. The minimum atomic E-state index is -1.21. The number of hydrogen-bond acceptors (Lipinski definition) is 3. The number of benzene rings is 1. The minimum Gasteiger partial charge on any atom is -0.480 e. The fourth-order valence-electron chi connectivity index (χ4n) is 1.44. The Kier molecular flexibility index (Phi) is 4.85. The highest BCUT2D eigenvalue weighted by Crippen LogP contribution is 2.06. The highest BCUT2D eigenvalue weighted by molar-refractivity contribution is 5.99. The lowest BCUT2D eigenvalue weighted by Crippen LogP contribution is -2.57. The molecular formula is C14H18N2O4. The van der Waals surface area contributed by atoms with E-state index in [0.717, 1.165) is 0 Å². The second kappa shape index (κ2) is 6.18. The third-order valence-electron chi connectivity index (χ3n) is 2.75. The number of carbonyl (C=O) groups excluding carboxylic acids is 2. The first kappa shape index (κ1) is 15.7. The Bertz CT molecular complexity index is 511. The fourth-order valence-corrected chi connectivity index (χ4v) is 1.44. The van der Waals surface area contributed by atoms with E-state index in [-0.39, 0.29) is 0 Å². The summed E-state index contributed by atoms with van der Waals surface area (Å²) in [5, 5.41) is 13.7. The van der Waals surface area contributed by atoms with Gasteiger partial charge < -0.3 is 15.7 Å². The van der Waals surface area contributed by atoms with Crippen LogP contribution in [0.3, 0.4) is 0 Å². The monoisotopic (exact) mass is 278 g/mol. The molecular weight excluding hydrogens is 260 g/mol. The minimum absolute atomic E-state index is 0.395. The lowest BCUT2D eigenvalue weighted by atomic mass is 10.0. The quantitative estimate of drug-likeness (QED) is 0.741. The number of carbonyl (C=O) groups is 3. The molecule has 0 saturated carbocycles. The molecule has 0 spiro atoms. The molecule has 108 valence electrons. The van der Waals surface area contributed by atoms with Gasteiger partial charge in [0.25, 0.3) is 5.91 Å².